The van der Waals surface area contributed by atoms with Gasteiger partial charge in [-0.05, 0) is 12.8 Å². The zero-order valence-electron chi connectivity index (χ0n) is 14.0. The number of hydrogen-bond donors (Lipinski definition) is 3. The predicted octanol–water partition coefficient (Wildman–Crippen LogP) is -0.280. The summed E-state index contributed by atoms with van der Waals surface area (Å²) in [7, 11) is -1.44. The molecule has 1 atom stereocenters. The highest BCUT2D eigenvalue weighted by Crippen LogP contribution is 2.10. The highest BCUT2D eigenvalue weighted by atomic mass is 127. The Hall–Kier alpha value is -0.620. The number of halogens is 1. The first kappa shape index (κ1) is 22.4. The van der Waals surface area contributed by atoms with Gasteiger partial charge in [0.15, 0.2) is 5.96 Å². The zero-order valence-corrected chi connectivity index (χ0v) is 17.1. The first-order chi connectivity index (χ1) is 10.4. The van der Waals surface area contributed by atoms with Gasteiger partial charge in [0.25, 0.3) is 0 Å². The molecule has 0 radical (unpaired) electrons. The smallest absolute Gasteiger partial charge is 0.222 e. The second-order valence-electron chi connectivity index (χ2n) is 5.34. The maximum atomic E-state index is 11.6. The molecule has 8 nitrogen and oxygen atoms in total. The number of rotatable bonds is 7. The summed E-state index contributed by atoms with van der Waals surface area (Å²) in [6.07, 6.45) is 3.25. The normalized spacial score (nSPS) is 18.5. The number of amides is 1. The van der Waals surface area contributed by atoms with Crippen molar-refractivity contribution in [2.45, 2.75) is 32.2 Å². The van der Waals surface area contributed by atoms with Crippen LogP contribution in [0.25, 0.3) is 0 Å². The van der Waals surface area contributed by atoms with Crippen molar-refractivity contribution in [3.8, 4) is 0 Å². The predicted molar refractivity (Wildman–Crippen MR) is 103 cm³/mol. The van der Waals surface area contributed by atoms with E-state index in [-0.39, 0.29) is 35.9 Å². The van der Waals surface area contributed by atoms with Crippen LogP contribution in [0.5, 0.6) is 0 Å². The van der Waals surface area contributed by atoms with E-state index >= 15 is 0 Å². The number of nitrogens with zero attached hydrogens (tertiary/aromatic N) is 2. The van der Waals surface area contributed by atoms with Crippen LogP contribution >= 0.6 is 24.0 Å². The van der Waals surface area contributed by atoms with Crippen LogP contribution in [0.1, 0.15) is 26.2 Å². The minimum Gasteiger partial charge on any atom is -0.356 e. The lowest BCUT2D eigenvalue weighted by atomic mass is 10.3. The van der Waals surface area contributed by atoms with Crippen molar-refractivity contribution in [3.05, 3.63) is 0 Å². The molecule has 1 heterocycles. The summed E-state index contributed by atoms with van der Waals surface area (Å²) in [6, 6.07) is 0.204. The second kappa shape index (κ2) is 11.0. The maximum Gasteiger partial charge on any atom is 0.222 e. The summed E-state index contributed by atoms with van der Waals surface area (Å²) in [4.78, 5) is 17.6. The number of hydrogen-bond acceptors (Lipinski definition) is 4. The Morgan fingerprint density at radius 2 is 2.04 bits per heavy atom. The molecule has 1 aliphatic heterocycles. The van der Waals surface area contributed by atoms with E-state index < -0.39 is 10.0 Å². The van der Waals surface area contributed by atoms with Gasteiger partial charge in [0.05, 0.1) is 6.26 Å². The standard InChI is InChI=1S/C13H27N5O3S.HI/c1-4-12(19)18-9-6-11(10-18)17-13(14-2)15-7-5-8-16-22(3,20)21;/h11,16H,4-10H2,1-3H3,(H2,14,15,17);1H. The zero-order chi connectivity index (χ0) is 16.6. The van der Waals surface area contributed by atoms with Crippen molar-refractivity contribution >= 4 is 45.9 Å². The second-order valence-corrected chi connectivity index (χ2v) is 7.18. The van der Waals surface area contributed by atoms with E-state index in [2.05, 4.69) is 20.3 Å². The van der Waals surface area contributed by atoms with Gasteiger partial charge >= 0.3 is 0 Å². The fraction of sp³-hybridized carbons (Fsp3) is 0.846. The fourth-order valence-electron chi connectivity index (χ4n) is 2.27. The van der Waals surface area contributed by atoms with E-state index in [0.717, 1.165) is 19.2 Å². The lowest BCUT2D eigenvalue weighted by molar-refractivity contribution is -0.129. The third-order valence-electron chi connectivity index (χ3n) is 3.42. The van der Waals surface area contributed by atoms with Gasteiger partial charge in [-0.3, -0.25) is 9.79 Å². The van der Waals surface area contributed by atoms with Gasteiger partial charge in [0.1, 0.15) is 0 Å². The van der Waals surface area contributed by atoms with Crippen LogP contribution in [0.3, 0.4) is 0 Å². The average Bonchev–Trinajstić information content (AvgIpc) is 2.92. The third-order valence-corrected chi connectivity index (χ3v) is 4.15. The van der Waals surface area contributed by atoms with Crippen molar-refractivity contribution in [1.82, 2.24) is 20.3 Å². The molecule has 0 bridgehead atoms. The lowest BCUT2D eigenvalue weighted by Gasteiger charge is -2.18. The highest BCUT2D eigenvalue weighted by molar-refractivity contribution is 14.0. The molecule has 0 aliphatic carbocycles. The Balaban J connectivity index is 0.00000484. The van der Waals surface area contributed by atoms with Gasteiger partial charge in [-0.25, -0.2) is 13.1 Å². The van der Waals surface area contributed by atoms with Gasteiger partial charge in [-0.15, -0.1) is 24.0 Å². The van der Waals surface area contributed by atoms with E-state index in [0.29, 0.717) is 38.4 Å². The summed E-state index contributed by atoms with van der Waals surface area (Å²) in [5, 5.41) is 6.43. The van der Waals surface area contributed by atoms with E-state index in [4.69, 9.17) is 0 Å². The fourth-order valence-corrected chi connectivity index (χ4v) is 2.78. The number of carbonyl (C=O) groups excluding carboxylic acids is 1. The first-order valence-electron chi connectivity index (χ1n) is 7.55. The van der Waals surface area contributed by atoms with E-state index in [1.165, 1.54) is 0 Å². The molecule has 1 fully saturated rings. The number of guanidine groups is 1. The molecule has 1 aliphatic rings. The van der Waals surface area contributed by atoms with Crippen LogP contribution in [-0.2, 0) is 14.8 Å². The Morgan fingerprint density at radius 1 is 1.35 bits per heavy atom. The molecule has 1 unspecified atom stereocenters. The summed E-state index contributed by atoms with van der Waals surface area (Å²) in [6.45, 7) is 4.36. The molecule has 136 valence electrons. The number of aliphatic imine (C=N–C) groups is 1. The molecule has 10 heteroatoms. The minimum atomic E-state index is -3.13. The molecular formula is C13H28IN5O3S. The number of likely N-dealkylation sites (tertiary alicyclic amines) is 1. The Labute approximate surface area is 155 Å². The topological polar surface area (TPSA) is 103 Å². The summed E-state index contributed by atoms with van der Waals surface area (Å²) in [5.74, 6) is 0.856. The molecule has 1 saturated heterocycles. The first-order valence-corrected chi connectivity index (χ1v) is 9.44. The monoisotopic (exact) mass is 461 g/mol. The van der Waals surface area contributed by atoms with Crippen molar-refractivity contribution in [2.75, 3.05) is 39.5 Å². The van der Waals surface area contributed by atoms with E-state index in [1.54, 1.807) is 7.05 Å². The van der Waals surface area contributed by atoms with Gasteiger partial charge < -0.3 is 15.5 Å². The summed E-state index contributed by atoms with van der Waals surface area (Å²) >= 11 is 0. The molecule has 0 aromatic heterocycles. The molecule has 23 heavy (non-hydrogen) atoms. The van der Waals surface area contributed by atoms with Gasteiger partial charge in [0, 0.05) is 45.7 Å². The van der Waals surface area contributed by atoms with Crippen LogP contribution in [0.15, 0.2) is 4.99 Å². The van der Waals surface area contributed by atoms with Crippen LogP contribution in [0, 0.1) is 0 Å². The van der Waals surface area contributed by atoms with Crippen molar-refractivity contribution in [1.29, 1.82) is 0 Å². The number of nitrogens with one attached hydrogen (secondary N) is 3. The van der Waals surface area contributed by atoms with Crippen LogP contribution in [0.4, 0.5) is 0 Å². The minimum absolute atomic E-state index is 0. The van der Waals surface area contributed by atoms with Crippen LogP contribution in [-0.4, -0.2) is 70.7 Å². The van der Waals surface area contributed by atoms with E-state index in [9.17, 15) is 13.2 Å². The molecule has 0 aromatic rings. The molecule has 1 rings (SSSR count). The van der Waals surface area contributed by atoms with Gasteiger partial charge in [-0.2, -0.15) is 0 Å². The van der Waals surface area contributed by atoms with Crippen molar-refractivity contribution < 1.29 is 13.2 Å². The molecule has 0 saturated carbocycles. The van der Waals surface area contributed by atoms with Crippen LogP contribution < -0.4 is 15.4 Å². The van der Waals surface area contributed by atoms with Crippen LogP contribution in [0.2, 0.25) is 0 Å². The average molecular weight is 461 g/mol. The van der Waals surface area contributed by atoms with Crippen molar-refractivity contribution in [3.63, 3.8) is 0 Å². The Morgan fingerprint density at radius 3 is 2.61 bits per heavy atom. The number of sulfonamides is 1. The Kier molecular flexibility index (Phi) is 10.7. The molecule has 0 spiro atoms. The molecular weight excluding hydrogens is 433 g/mol. The lowest BCUT2D eigenvalue weighted by Crippen LogP contribution is -2.45. The molecule has 3 N–H and O–H groups in total. The Bertz CT molecular complexity index is 498. The molecule has 0 aromatic carbocycles. The van der Waals surface area contributed by atoms with Gasteiger partial charge in [-0.1, -0.05) is 6.92 Å². The van der Waals surface area contributed by atoms with E-state index in [1.807, 2.05) is 11.8 Å². The summed E-state index contributed by atoms with van der Waals surface area (Å²) in [5.41, 5.74) is 0. The highest BCUT2D eigenvalue weighted by Gasteiger charge is 2.25. The SMILES string of the molecule is CCC(=O)N1CCC(NC(=NC)NCCCNS(C)(=O)=O)C1.I. The largest absolute Gasteiger partial charge is 0.356 e. The summed E-state index contributed by atoms with van der Waals surface area (Å²) < 4.78 is 24.3. The maximum absolute atomic E-state index is 11.6. The van der Waals surface area contributed by atoms with Crippen molar-refractivity contribution in [2.24, 2.45) is 4.99 Å². The quantitative estimate of drug-likeness (QED) is 0.210. The number of carbonyl (C=O) groups is 1. The third kappa shape index (κ3) is 9.30. The molecule has 1 amide bonds. The van der Waals surface area contributed by atoms with Gasteiger partial charge in [0.2, 0.25) is 15.9 Å².